The van der Waals surface area contributed by atoms with Gasteiger partial charge in [0.05, 0.1) is 0 Å². The second kappa shape index (κ2) is 3.92. The van der Waals surface area contributed by atoms with Gasteiger partial charge < -0.3 is 5.32 Å². The van der Waals surface area contributed by atoms with Crippen molar-refractivity contribution in [2.75, 3.05) is 6.54 Å². The van der Waals surface area contributed by atoms with Gasteiger partial charge in [-0.2, -0.15) is 0 Å². The third-order valence-corrected chi connectivity index (χ3v) is 3.01. The molecule has 70 valence electrons. The van der Waals surface area contributed by atoms with Crippen molar-refractivity contribution in [3.05, 3.63) is 0 Å². The van der Waals surface area contributed by atoms with Crippen LogP contribution in [-0.4, -0.2) is 12.5 Å². The van der Waals surface area contributed by atoms with Gasteiger partial charge in [0.25, 0.3) is 0 Å². The fraction of sp³-hybridized carbons (Fsp3) is 0.900. The lowest BCUT2D eigenvalue weighted by Crippen LogP contribution is -2.23. The molecule has 1 fully saturated rings. The van der Waals surface area contributed by atoms with Gasteiger partial charge in [-0.05, 0) is 18.3 Å². The van der Waals surface area contributed by atoms with Crippen LogP contribution >= 0.6 is 0 Å². The third-order valence-electron chi connectivity index (χ3n) is 3.01. The van der Waals surface area contributed by atoms with Crippen LogP contribution in [0.3, 0.4) is 0 Å². The Morgan fingerprint density at radius 2 is 2.25 bits per heavy atom. The van der Waals surface area contributed by atoms with E-state index in [0.717, 1.165) is 19.4 Å². The molecule has 1 N–H and O–H groups in total. The lowest BCUT2D eigenvalue weighted by molar-refractivity contribution is -0.119. The average molecular weight is 169 g/mol. The summed E-state index contributed by atoms with van der Waals surface area (Å²) < 4.78 is 0. The number of carbonyl (C=O) groups is 1. The molecule has 1 heterocycles. The molecular weight excluding hydrogens is 150 g/mol. The molecule has 1 saturated heterocycles. The molecule has 0 aromatic heterocycles. The first-order valence-electron chi connectivity index (χ1n) is 4.99. The third kappa shape index (κ3) is 1.99. The minimum atomic E-state index is 0.243. The zero-order valence-corrected chi connectivity index (χ0v) is 8.15. The van der Waals surface area contributed by atoms with Crippen molar-refractivity contribution in [3.63, 3.8) is 0 Å². The standard InChI is InChI=1S/C10H19NO/c1-3-5-6-10(4-2)7-9(12)11-8-10/h3-8H2,1-2H3,(H,11,12)/t10-/m1/s1. The van der Waals surface area contributed by atoms with Gasteiger partial charge in [0.1, 0.15) is 0 Å². The molecule has 0 spiro atoms. The highest BCUT2D eigenvalue weighted by atomic mass is 16.1. The van der Waals surface area contributed by atoms with Crippen LogP contribution in [0, 0.1) is 5.41 Å². The summed E-state index contributed by atoms with van der Waals surface area (Å²) in [6.45, 7) is 5.30. The Labute approximate surface area is 74.7 Å². The highest BCUT2D eigenvalue weighted by Crippen LogP contribution is 2.35. The number of unbranched alkanes of at least 4 members (excludes halogenated alkanes) is 1. The maximum atomic E-state index is 11.1. The largest absolute Gasteiger partial charge is 0.356 e. The van der Waals surface area contributed by atoms with E-state index in [1.807, 2.05) is 0 Å². The Balaban J connectivity index is 2.46. The SMILES string of the molecule is CCCC[C@@]1(CC)CNC(=O)C1. The van der Waals surface area contributed by atoms with Crippen LogP contribution in [-0.2, 0) is 4.79 Å². The van der Waals surface area contributed by atoms with Gasteiger partial charge in [0.2, 0.25) is 5.91 Å². The van der Waals surface area contributed by atoms with Gasteiger partial charge in [-0.25, -0.2) is 0 Å². The molecule has 2 heteroatoms. The van der Waals surface area contributed by atoms with E-state index in [1.54, 1.807) is 0 Å². The number of carbonyl (C=O) groups excluding carboxylic acids is 1. The zero-order chi connectivity index (χ0) is 9.03. The summed E-state index contributed by atoms with van der Waals surface area (Å²) in [5.41, 5.74) is 0.299. The molecule has 0 unspecified atom stereocenters. The fourth-order valence-corrected chi connectivity index (χ4v) is 1.91. The van der Waals surface area contributed by atoms with Crippen molar-refractivity contribution in [2.45, 2.75) is 46.0 Å². The Hall–Kier alpha value is -0.530. The van der Waals surface area contributed by atoms with E-state index >= 15 is 0 Å². The summed E-state index contributed by atoms with van der Waals surface area (Å²) in [5.74, 6) is 0.243. The molecule has 1 amide bonds. The highest BCUT2D eigenvalue weighted by Gasteiger charge is 2.35. The van der Waals surface area contributed by atoms with Crippen LogP contribution in [0.2, 0.25) is 0 Å². The van der Waals surface area contributed by atoms with E-state index in [4.69, 9.17) is 0 Å². The molecular formula is C10H19NO. The first-order chi connectivity index (χ1) is 5.72. The highest BCUT2D eigenvalue weighted by molar-refractivity contribution is 5.79. The van der Waals surface area contributed by atoms with Gasteiger partial charge in [0, 0.05) is 13.0 Å². The lowest BCUT2D eigenvalue weighted by atomic mass is 9.79. The summed E-state index contributed by atoms with van der Waals surface area (Å²) >= 11 is 0. The molecule has 1 atom stereocenters. The van der Waals surface area contributed by atoms with Crippen molar-refractivity contribution in [1.29, 1.82) is 0 Å². The zero-order valence-electron chi connectivity index (χ0n) is 8.15. The normalized spacial score (nSPS) is 29.0. The number of rotatable bonds is 4. The molecule has 0 aromatic rings. The number of nitrogens with one attached hydrogen (secondary N) is 1. The van der Waals surface area contributed by atoms with Gasteiger partial charge in [-0.3, -0.25) is 4.79 Å². The maximum Gasteiger partial charge on any atom is 0.220 e. The Kier molecular flexibility index (Phi) is 3.12. The van der Waals surface area contributed by atoms with E-state index < -0.39 is 0 Å². The number of hydrogen-bond acceptors (Lipinski definition) is 1. The molecule has 0 bridgehead atoms. The molecule has 1 rings (SSSR count). The predicted molar refractivity (Wildman–Crippen MR) is 49.9 cm³/mol. The van der Waals surface area contributed by atoms with E-state index in [-0.39, 0.29) is 5.91 Å². The smallest absolute Gasteiger partial charge is 0.220 e. The number of hydrogen-bond donors (Lipinski definition) is 1. The molecule has 0 saturated carbocycles. The van der Waals surface area contributed by atoms with E-state index in [1.165, 1.54) is 19.3 Å². The first kappa shape index (κ1) is 9.56. The summed E-state index contributed by atoms with van der Waals surface area (Å²) in [4.78, 5) is 11.1. The number of amides is 1. The van der Waals surface area contributed by atoms with E-state index in [9.17, 15) is 4.79 Å². The molecule has 0 aliphatic carbocycles. The molecule has 12 heavy (non-hydrogen) atoms. The summed E-state index contributed by atoms with van der Waals surface area (Å²) in [6, 6.07) is 0. The van der Waals surface area contributed by atoms with Crippen molar-refractivity contribution < 1.29 is 4.79 Å². The van der Waals surface area contributed by atoms with Crippen LogP contribution in [0.15, 0.2) is 0 Å². The van der Waals surface area contributed by atoms with Crippen molar-refractivity contribution in [1.82, 2.24) is 5.32 Å². The maximum absolute atomic E-state index is 11.1. The molecule has 0 aromatic carbocycles. The minimum absolute atomic E-state index is 0.243. The van der Waals surface area contributed by atoms with Gasteiger partial charge in [0.15, 0.2) is 0 Å². The van der Waals surface area contributed by atoms with Crippen LogP contribution < -0.4 is 5.32 Å². The summed E-state index contributed by atoms with van der Waals surface area (Å²) in [5, 5.41) is 2.93. The van der Waals surface area contributed by atoms with Crippen LogP contribution in [0.1, 0.15) is 46.0 Å². The monoisotopic (exact) mass is 169 g/mol. The topological polar surface area (TPSA) is 29.1 Å². The summed E-state index contributed by atoms with van der Waals surface area (Å²) in [7, 11) is 0. The van der Waals surface area contributed by atoms with E-state index in [2.05, 4.69) is 19.2 Å². The Bertz CT molecular complexity index is 167. The lowest BCUT2D eigenvalue weighted by Gasteiger charge is -2.24. The van der Waals surface area contributed by atoms with Gasteiger partial charge in [-0.15, -0.1) is 0 Å². The Morgan fingerprint density at radius 1 is 1.50 bits per heavy atom. The van der Waals surface area contributed by atoms with E-state index in [0.29, 0.717) is 5.41 Å². The fourth-order valence-electron chi connectivity index (χ4n) is 1.91. The van der Waals surface area contributed by atoms with Gasteiger partial charge in [-0.1, -0.05) is 26.7 Å². The van der Waals surface area contributed by atoms with Gasteiger partial charge >= 0.3 is 0 Å². The molecule has 2 nitrogen and oxygen atoms in total. The van der Waals surface area contributed by atoms with Crippen LogP contribution in [0.5, 0.6) is 0 Å². The first-order valence-corrected chi connectivity index (χ1v) is 4.99. The van der Waals surface area contributed by atoms with Crippen molar-refractivity contribution in [2.24, 2.45) is 5.41 Å². The predicted octanol–water partition coefficient (Wildman–Crippen LogP) is 2.09. The van der Waals surface area contributed by atoms with Crippen LogP contribution in [0.25, 0.3) is 0 Å². The quantitative estimate of drug-likeness (QED) is 0.686. The minimum Gasteiger partial charge on any atom is -0.356 e. The molecule has 1 aliphatic heterocycles. The molecule has 1 aliphatic rings. The average Bonchev–Trinajstić information content (AvgIpc) is 2.45. The van der Waals surface area contributed by atoms with Crippen LogP contribution in [0.4, 0.5) is 0 Å². The summed E-state index contributed by atoms with van der Waals surface area (Å²) in [6.07, 6.45) is 5.58. The second-order valence-corrected chi connectivity index (χ2v) is 3.91. The van der Waals surface area contributed by atoms with Crippen molar-refractivity contribution in [3.8, 4) is 0 Å². The second-order valence-electron chi connectivity index (χ2n) is 3.91. The van der Waals surface area contributed by atoms with Crippen molar-refractivity contribution >= 4 is 5.91 Å². The molecule has 0 radical (unpaired) electrons. The Morgan fingerprint density at radius 3 is 2.67 bits per heavy atom.